The maximum atomic E-state index is 13.4. The second kappa shape index (κ2) is 9.52. The number of primary amides is 1. The van der Waals surface area contributed by atoms with Gasteiger partial charge >= 0.3 is 0 Å². The van der Waals surface area contributed by atoms with Crippen LogP contribution in [0.25, 0.3) is 16.6 Å². The van der Waals surface area contributed by atoms with E-state index in [2.05, 4.69) is 5.32 Å². The number of hydrogen-bond acceptors (Lipinski definition) is 5. The third-order valence-electron chi connectivity index (χ3n) is 5.58. The lowest BCUT2D eigenvalue weighted by Crippen LogP contribution is -2.26. The number of fused-ring (bicyclic) bond motifs is 1. The maximum absolute atomic E-state index is 13.4. The van der Waals surface area contributed by atoms with Crippen LogP contribution in [-0.4, -0.2) is 26.6 Å². The van der Waals surface area contributed by atoms with Crippen LogP contribution < -0.4 is 16.6 Å². The number of nitrogens with zero attached hydrogens (tertiary/aromatic N) is 2. The summed E-state index contributed by atoms with van der Waals surface area (Å²) in [7, 11) is 0. The zero-order valence-electron chi connectivity index (χ0n) is 19.0. The highest BCUT2D eigenvalue weighted by atomic mass is 32.2. The van der Waals surface area contributed by atoms with Crippen molar-refractivity contribution in [2.75, 3.05) is 5.32 Å². The van der Waals surface area contributed by atoms with Crippen molar-refractivity contribution in [2.45, 2.75) is 31.2 Å². The van der Waals surface area contributed by atoms with Gasteiger partial charge in [0.15, 0.2) is 5.16 Å². The smallest absolute Gasteiger partial charge is 0.266 e. The molecule has 4 rings (SSSR count). The summed E-state index contributed by atoms with van der Waals surface area (Å²) in [6.07, 6.45) is 0. The van der Waals surface area contributed by atoms with Gasteiger partial charge in [0.25, 0.3) is 5.56 Å². The number of nitrogens with two attached hydrogens (primary N) is 1. The number of nitrogens with one attached hydrogen (secondary N) is 1. The minimum absolute atomic E-state index is 0.189. The fourth-order valence-electron chi connectivity index (χ4n) is 3.46. The number of thioether (sulfide) groups is 1. The van der Waals surface area contributed by atoms with Crippen molar-refractivity contribution in [1.29, 1.82) is 0 Å². The van der Waals surface area contributed by atoms with Crippen molar-refractivity contribution in [2.24, 2.45) is 5.73 Å². The number of aromatic nitrogens is 2. The second-order valence-electron chi connectivity index (χ2n) is 8.01. The van der Waals surface area contributed by atoms with E-state index in [1.807, 2.05) is 44.2 Å². The molecule has 1 atom stereocenters. The molecular formula is C26H24N4O3S. The molecule has 7 nitrogen and oxygen atoms in total. The molecule has 0 saturated heterocycles. The van der Waals surface area contributed by atoms with E-state index in [4.69, 9.17) is 10.7 Å². The summed E-state index contributed by atoms with van der Waals surface area (Å²) in [6.45, 7) is 5.76. The number of para-hydroxylation sites is 1. The molecule has 172 valence electrons. The predicted octanol–water partition coefficient (Wildman–Crippen LogP) is 4.22. The van der Waals surface area contributed by atoms with Crippen LogP contribution in [0.2, 0.25) is 0 Å². The molecule has 0 aliphatic carbocycles. The molecular weight excluding hydrogens is 448 g/mol. The van der Waals surface area contributed by atoms with Crippen LogP contribution in [0.5, 0.6) is 0 Å². The third-order valence-corrected chi connectivity index (χ3v) is 6.63. The first kappa shape index (κ1) is 23.3. The molecule has 0 spiro atoms. The highest BCUT2D eigenvalue weighted by Gasteiger charge is 2.21. The molecule has 2 amide bonds. The summed E-state index contributed by atoms with van der Waals surface area (Å²) in [5.41, 5.74) is 9.42. The summed E-state index contributed by atoms with van der Waals surface area (Å²) in [4.78, 5) is 42.3. The van der Waals surface area contributed by atoms with Gasteiger partial charge in [-0.3, -0.25) is 19.0 Å². The summed E-state index contributed by atoms with van der Waals surface area (Å²) in [6, 6.07) is 19.3. The van der Waals surface area contributed by atoms with Crippen LogP contribution in [0.1, 0.15) is 28.4 Å². The van der Waals surface area contributed by atoms with Gasteiger partial charge in [0.05, 0.1) is 21.8 Å². The van der Waals surface area contributed by atoms with Gasteiger partial charge in [-0.25, -0.2) is 4.98 Å². The lowest BCUT2D eigenvalue weighted by Gasteiger charge is -2.17. The number of hydrogen-bond donors (Lipinski definition) is 2. The van der Waals surface area contributed by atoms with Crippen molar-refractivity contribution in [1.82, 2.24) is 9.55 Å². The molecule has 1 aromatic heterocycles. The normalized spacial score (nSPS) is 11.9. The number of aryl methyl sites for hydroxylation is 2. The Morgan fingerprint density at radius 1 is 1.00 bits per heavy atom. The fourth-order valence-corrected chi connectivity index (χ4v) is 4.38. The second-order valence-corrected chi connectivity index (χ2v) is 9.32. The number of carbonyl (C=O) groups is 2. The number of rotatable bonds is 6. The Bertz CT molecular complexity index is 1460. The van der Waals surface area contributed by atoms with E-state index in [-0.39, 0.29) is 11.5 Å². The van der Waals surface area contributed by atoms with Gasteiger partial charge in [-0.1, -0.05) is 30.0 Å². The van der Waals surface area contributed by atoms with Gasteiger partial charge in [0.2, 0.25) is 11.8 Å². The lowest BCUT2D eigenvalue weighted by atomic mass is 10.1. The van der Waals surface area contributed by atoms with Crippen LogP contribution in [0.4, 0.5) is 5.69 Å². The monoisotopic (exact) mass is 472 g/mol. The molecule has 3 N–H and O–H groups in total. The van der Waals surface area contributed by atoms with E-state index >= 15 is 0 Å². The highest BCUT2D eigenvalue weighted by Crippen LogP contribution is 2.26. The van der Waals surface area contributed by atoms with Gasteiger partial charge in [-0.15, -0.1) is 0 Å². The predicted molar refractivity (Wildman–Crippen MR) is 136 cm³/mol. The molecule has 3 aromatic carbocycles. The topological polar surface area (TPSA) is 107 Å². The Morgan fingerprint density at radius 2 is 1.71 bits per heavy atom. The van der Waals surface area contributed by atoms with Crippen LogP contribution in [0.15, 0.2) is 76.7 Å². The minimum atomic E-state index is -0.554. The van der Waals surface area contributed by atoms with Gasteiger partial charge < -0.3 is 11.1 Å². The van der Waals surface area contributed by atoms with Crippen LogP contribution in [-0.2, 0) is 4.79 Å². The summed E-state index contributed by atoms with van der Waals surface area (Å²) >= 11 is 1.21. The molecule has 1 unspecified atom stereocenters. The standard InChI is InChI=1S/C26H24N4O3S/c1-15-8-13-20(14-16(15)2)30-25(33)21-6-4-5-7-22(21)29-26(30)34-17(3)24(32)28-19-11-9-18(10-12-19)23(27)31/h4-14,17H,1-3H3,(H2,27,31)(H,28,32). The number of anilines is 1. The zero-order valence-corrected chi connectivity index (χ0v) is 19.8. The van der Waals surface area contributed by atoms with Crippen LogP contribution in [0.3, 0.4) is 0 Å². The van der Waals surface area contributed by atoms with Crippen molar-refractivity contribution in [3.05, 3.63) is 93.8 Å². The number of carbonyl (C=O) groups excluding carboxylic acids is 2. The Morgan fingerprint density at radius 3 is 2.38 bits per heavy atom. The maximum Gasteiger partial charge on any atom is 0.266 e. The Kier molecular flexibility index (Phi) is 6.51. The highest BCUT2D eigenvalue weighted by molar-refractivity contribution is 8.00. The minimum Gasteiger partial charge on any atom is -0.366 e. The Hall–Kier alpha value is -3.91. The van der Waals surface area contributed by atoms with Crippen molar-refractivity contribution in [3.8, 4) is 5.69 Å². The molecule has 4 aromatic rings. The van der Waals surface area contributed by atoms with E-state index < -0.39 is 11.2 Å². The van der Waals surface area contributed by atoms with Gasteiger partial charge in [0, 0.05) is 11.3 Å². The molecule has 1 heterocycles. The number of amides is 2. The van der Waals surface area contributed by atoms with E-state index in [1.54, 1.807) is 47.9 Å². The first-order valence-electron chi connectivity index (χ1n) is 10.7. The van der Waals surface area contributed by atoms with E-state index in [1.165, 1.54) is 11.8 Å². The summed E-state index contributed by atoms with van der Waals surface area (Å²) in [5, 5.41) is 3.21. The fraction of sp³-hybridized carbons (Fsp3) is 0.154. The van der Waals surface area contributed by atoms with Crippen molar-refractivity contribution < 1.29 is 9.59 Å². The SMILES string of the molecule is Cc1ccc(-n2c(SC(C)C(=O)Nc3ccc(C(N)=O)cc3)nc3ccccc3c2=O)cc1C. The number of benzene rings is 3. The first-order chi connectivity index (χ1) is 16.2. The zero-order chi connectivity index (χ0) is 24.4. The summed E-state index contributed by atoms with van der Waals surface area (Å²) < 4.78 is 1.56. The summed E-state index contributed by atoms with van der Waals surface area (Å²) in [5.74, 6) is -0.792. The van der Waals surface area contributed by atoms with E-state index in [0.717, 1.165) is 11.1 Å². The Labute approximate surface area is 201 Å². The molecule has 0 radical (unpaired) electrons. The third kappa shape index (κ3) is 4.72. The molecule has 0 fully saturated rings. The molecule has 0 bridgehead atoms. The molecule has 0 aliphatic heterocycles. The van der Waals surface area contributed by atoms with Crippen LogP contribution in [0, 0.1) is 13.8 Å². The lowest BCUT2D eigenvalue weighted by molar-refractivity contribution is -0.115. The quantitative estimate of drug-likeness (QED) is 0.323. The van der Waals surface area contributed by atoms with Gasteiger partial charge in [-0.05, 0) is 80.4 Å². The molecule has 0 saturated carbocycles. The Balaban J connectivity index is 1.68. The molecule has 34 heavy (non-hydrogen) atoms. The van der Waals surface area contributed by atoms with Gasteiger partial charge in [-0.2, -0.15) is 0 Å². The van der Waals surface area contributed by atoms with E-state index in [0.29, 0.717) is 33.0 Å². The molecule has 8 heteroatoms. The van der Waals surface area contributed by atoms with Crippen molar-refractivity contribution >= 4 is 40.2 Å². The average molecular weight is 473 g/mol. The molecule has 0 aliphatic rings. The van der Waals surface area contributed by atoms with Crippen LogP contribution >= 0.6 is 11.8 Å². The van der Waals surface area contributed by atoms with Gasteiger partial charge in [0.1, 0.15) is 0 Å². The largest absolute Gasteiger partial charge is 0.366 e. The van der Waals surface area contributed by atoms with Crippen molar-refractivity contribution in [3.63, 3.8) is 0 Å². The van der Waals surface area contributed by atoms with E-state index in [9.17, 15) is 14.4 Å². The average Bonchev–Trinajstić information content (AvgIpc) is 2.81. The first-order valence-corrected chi connectivity index (χ1v) is 11.6.